The van der Waals surface area contributed by atoms with Gasteiger partial charge in [-0.2, -0.15) is 0 Å². The summed E-state index contributed by atoms with van der Waals surface area (Å²) in [6.45, 7) is 8.54. The molecular formula is C29H33N3O5. The van der Waals surface area contributed by atoms with Crippen LogP contribution in [0.25, 0.3) is 17.0 Å². The minimum absolute atomic E-state index is 0.134. The lowest BCUT2D eigenvalue weighted by atomic mass is 9.95. The van der Waals surface area contributed by atoms with Crippen molar-refractivity contribution >= 4 is 34.5 Å². The number of anilines is 2. The second-order valence-electron chi connectivity index (χ2n) is 10.0. The normalized spacial score (nSPS) is 16.3. The van der Waals surface area contributed by atoms with Crippen molar-refractivity contribution in [3.8, 4) is 11.5 Å². The van der Waals surface area contributed by atoms with Gasteiger partial charge in [0.15, 0.2) is 0 Å². The van der Waals surface area contributed by atoms with Crippen LogP contribution < -0.4 is 25.3 Å². The molecular weight excluding hydrogens is 470 g/mol. The Morgan fingerprint density at radius 3 is 2.51 bits per heavy atom. The molecule has 3 heterocycles. The number of fused-ring (bicyclic) bond motifs is 3. The quantitative estimate of drug-likeness (QED) is 0.476. The topological polar surface area (TPSA) is 84.3 Å². The molecule has 1 fully saturated rings. The number of benzene rings is 2. The van der Waals surface area contributed by atoms with Gasteiger partial charge in [-0.15, -0.1) is 0 Å². The van der Waals surface area contributed by atoms with Crippen molar-refractivity contribution in [2.75, 3.05) is 43.5 Å². The Morgan fingerprint density at radius 1 is 1.11 bits per heavy atom. The van der Waals surface area contributed by atoms with Gasteiger partial charge in [-0.1, -0.05) is 13.3 Å². The highest BCUT2D eigenvalue weighted by molar-refractivity contribution is 5.97. The van der Waals surface area contributed by atoms with Gasteiger partial charge in [0.1, 0.15) is 22.7 Å². The summed E-state index contributed by atoms with van der Waals surface area (Å²) in [5.41, 5.74) is 3.30. The van der Waals surface area contributed by atoms with Crippen LogP contribution >= 0.6 is 0 Å². The summed E-state index contributed by atoms with van der Waals surface area (Å²) in [5, 5.41) is 3.83. The first-order valence-electron chi connectivity index (χ1n) is 12.7. The number of ether oxygens (including phenoxy) is 2. The zero-order valence-corrected chi connectivity index (χ0v) is 21.8. The second-order valence-corrected chi connectivity index (χ2v) is 10.0. The van der Waals surface area contributed by atoms with Crippen molar-refractivity contribution in [1.29, 1.82) is 0 Å². The summed E-state index contributed by atoms with van der Waals surface area (Å²) in [4.78, 5) is 29.3. The van der Waals surface area contributed by atoms with Crippen molar-refractivity contribution in [2.45, 2.75) is 39.2 Å². The molecule has 0 saturated carbocycles. The van der Waals surface area contributed by atoms with Crippen LogP contribution in [0.2, 0.25) is 0 Å². The van der Waals surface area contributed by atoms with Gasteiger partial charge >= 0.3 is 11.7 Å². The van der Waals surface area contributed by atoms with Crippen molar-refractivity contribution in [2.24, 2.45) is 0 Å². The van der Waals surface area contributed by atoms with Crippen molar-refractivity contribution in [1.82, 2.24) is 4.90 Å². The number of methoxy groups -OCH3 is 1. The fraction of sp³-hybridized carbons (Fsp3) is 0.379. The van der Waals surface area contributed by atoms with E-state index in [-0.39, 0.29) is 11.7 Å². The summed E-state index contributed by atoms with van der Waals surface area (Å²) < 4.78 is 17.3. The molecule has 8 heteroatoms. The van der Waals surface area contributed by atoms with Crippen molar-refractivity contribution < 1.29 is 18.7 Å². The number of carbonyl (C=O) groups is 1. The molecule has 2 aromatic carbocycles. The lowest BCUT2D eigenvalue weighted by Crippen LogP contribution is -2.50. The molecule has 1 saturated heterocycles. The Bertz CT molecular complexity index is 1400. The average Bonchev–Trinajstić information content (AvgIpc) is 2.88. The standard InChI is InChI=1S/C29H33N3O5/c1-5-6-19-17-25(33)36-24-18-23(22-11-12-29(2,3)37-27(22)26(19)24)31-13-15-32(16-14-31)28(34)30-20-7-9-21(35-4)10-8-20/h7-12,17-18H,5-6,13-16H2,1-4H3,(H,30,34). The zero-order valence-electron chi connectivity index (χ0n) is 21.8. The van der Waals surface area contributed by atoms with Gasteiger partial charge in [-0.3, -0.25) is 0 Å². The number of urea groups is 1. The molecule has 3 aromatic rings. The number of hydrogen-bond acceptors (Lipinski definition) is 6. The SMILES string of the molecule is CCCc1cc(=O)oc2cc(N3CCN(C(=O)Nc4ccc(OC)cc4)CC3)c3c(c12)OC(C)(C)C=C3. The highest BCUT2D eigenvalue weighted by Gasteiger charge is 2.30. The zero-order chi connectivity index (χ0) is 26.2. The molecule has 0 unspecified atom stereocenters. The lowest BCUT2D eigenvalue weighted by Gasteiger charge is -2.38. The Labute approximate surface area is 216 Å². The van der Waals surface area contributed by atoms with Crippen LogP contribution in [0.5, 0.6) is 11.5 Å². The van der Waals surface area contributed by atoms with Gasteiger partial charge in [0.25, 0.3) is 0 Å². The van der Waals surface area contributed by atoms with E-state index in [9.17, 15) is 9.59 Å². The third kappa shape index (κ3) is 5.01. The minimum atomic E-state index is -0.476. The maximum atomic E-state index is 12.9. The summed E-state index contributed by atoms with van der Waals surface area (Å²) in [7, 11) is 1.61. The predicted octanol–water partition coefficient (Wildman–Crippen LogP) is 5.29. The monoisotopic (exact) mass is 503 g/mol. The van der Waals surface area contributed by atoms with E-state index in [0.717, 1.165) is 52.2 Å². The van der Waals surface area contributed by atoms with Crippen LogP contribution in [0, 0.1) is 0 Å². The maximum absolute atomic E-state index is 12.9. The summed E-state index contributed by atoms with van der Waals surface area (Å²) in [6.07, 6.45) is 5.84. The van der Waals surface area contributed by atoms with Gasteiger partial charge in [0.05, 0.1) is 18.2 Å². The number of nitrogens with zero attached hydrogens (tertiary/aromatic N) is 2. The number of piperazine rings is 1. The van der Waals surface area contributed by atoms with Gasteiger partial charge in [-0.05, 0) is 62.2 Å². The Morgan fingerprint density at radius 2 is 1.84 bits per heavy atom. The van der Waals surface area contributed by atoms with Crippen molar-refractivity contribution in [3.05, 3.63) is 64.0 Å². The summed E-state index contributed by atoms with van der Waals surface area (Å²) in [6, 6.07) is 10.7. The highest BCUT2D eigenvalue weighted by Crippen LogP contribution is 2.44. The van der Waals surface area contributed by atoms with E-state index in [1.807, 2.05) is 49.1 Å². The maximum Gasteiger partial charge on any atom is 0.336 e. The molecule has 0 radical (unpaired) electrons. The van der Waals surface area contributed by atoms with Gasteiger partial charge in [0.2, 0.25) is 0 Å². The highest BCUT2D eigenvalue weighted by atomic mass is 16.5. The molecule has 37 heavy (non-hydrogen) atoms. The van der Waals surface area contributed by atoms with Crippen LogP contribution in [0.15, 0.2) is 51.7 Å². The second kappa shape index (κ2) is 9.84. The predicted molar refractivity (Wildman–Crippen MR) is 146 cm³/mol. The number of aryl methyl sites for hydroxylation is 1. The van der Waals surface area contributed by atoms with E-state index in [4.69, 9.17) is 13.9 Å². The fourth-order valence-electron chi connectivity index (χ4n) is 4.98. The minimum Gasteiger partial charge on any atom is -0.497 e. The Kier molecular flexibility index (Phi) is 6.58. The lowest BCUT2D eigenvalue weighted by molar-refractivity contribution is 0.161. The average molecular weight is 504 g/mol. The van der Waals surface area contributed by atoms with Crippen LogP contribution in [0.1, 0.15) is 38.3 Å². The van der Waals surface area contributed by atoms with E-state index >= 15 is 0 Å². The number of carbonyl (C=O) groups excluding carboxylic acids is 1. The molecule has 5 rings (SSSR count). The van der Waals surface area contributed by atoms with Gasteiger partial charge in [0, 0.05) is 49.6 Å². The largest absolute Gasteiger partial charge is 0.497 e. The molecule has 2 amide bonds. The number of hydrogen-bond donors (Lipinski definition) is 1. The fourth-order valence-corrected chi connectivity index (χ4v) is 4.98. The van der Waals surface area contributed by atoms with Gasteiger partial charge < -0.3 is 29.0 Å². The first-order chi connectivity index (χ1) is 17.8. The van der Waals surface area contributed by atoms with Gasteiger partial charge in [-0.25, -0.2) is 9.59 Å². The third-order valence-electron chi connectivity index (χ3n) is 6.87. The summed E-state index contributed by atoms with van der Waals surface area (Å²) >= 11 is 0. The first kappa shape index (κ1) is 24.7. The molecule has 0 atom stereocenters. The van der Waals surface area contributed by atoms with E-state index < -0.39 is 5.60 Å². The summed E-state index contributed by atoms with van der Waals surface area (Å²) in [5.74, 6) is 1.50. The molecule has 1 N–H and O–H groups in total. The van der Waals surface area contributed by atoms with E-state index in [1.165, 1.54) is 0 Å². The number of nitrogens with one attached hydrogen (secondary N) is 1. The Hall–Kier alpha value is -3.94. The van der Waals surface area contributed by atoms with E-state index in [2.05, 4.69) is 29.3 Å². The van der Waals surface area contributed by atoms with Crippen LogP contribution in [-0.2, 0) is 6.42 Å². The van der Waals surface area contributed by atoms with Crippen LogP contribution in [0.3, 0.4) is 0 Å². The molecule has 0 aliphatic carbocycles. The Balaban J connectivity index is 1.41. The van der Waals surface area contributed by atoms with E-state index in [0.29, 0.717) is 31.8 Å². The smallest absolute Gasteiger partial charge is 0.336 e. The third-order valence-corrected chi connectivity index (χ3v) is 6.87. The van der Waals surface area contributed by atoms with Crippen LogP contribution in [-0.4, -0.2) is 49.8 Å². The molecule has 1 aromatic heterocycles. The number of amides is 2. The molecule has 194 valence electrons. The van der Waals surface area contributed by atoms with Crippen molar-refractivity contribution in [3.63, 3.8) is 0 Å². The molecule has 2 aliphatic heterocycles. The number of rotatable bonds is 5. The van der Waals surface area contributed by atoms with E-state index in [1.54, 1.807) is 13.2 Å². The molecule has 8 nitrogen and oxygen atoms in total. The first-order valence-corrected chi connectivity index (χ1v) is 12.7. The van der Waals surface area contributed by atoms with Crippen LogP contribution in [0.4, 0.5) is 16.2 Å². The molecule has 0 spiro atoms. The molecule has 2 aliphatic rings. The molecule has 0 bridgehead atoms.